The highest BCUT2D eigenvalue weighted by molar-refractivity contribution is 6.02. The molecule has 0 saturated carbocycles. The summed E-state index contributed by atoms with van der Waals surface area (Å²) in [6.45, 7) is 16.9. The number of rotatable bonds is 16. The number of carbonyl (C=O) groups excluding carboxylic acids is 1. The summed E-state index contributed by atoms with van der Waals surface area (Å²) in [5.74, 6) is -0.0652. The van der Waals surface area contributed by atoms with Crippen LogP contribution in [0, 0.1) is 6.92 Å². The standard InChI is InChI=1S/C46H45N7O2/c1-7-27-55-29-46(54)32-19-20-39(30(5)28-32)48-49-41-23-24-42(34(10-4)33(41)9-3)50-51-44-25-26-45(38-18-14-13-17-37(38)44)53-52-43-22-21-40(47-31(6)8-2)35-15-11-12-16-36(35)43/h9-26,28,31,47H,3-4,7-8,27,29H2,1-2,5-6H3/b49-48+,51-50+,53-52+. The molecule has 0 radical (unpaired) electrons. The van der Waals surface area contributed by atoms with E-state index in [1.165, 1.54) is 0 Å². The first-order chi connectivity index (χ1) is 26.8. The Morgan fingerprint density at radius 2 is 1.11 bits per heavy atom. The number of benzene rings is 6. The second kappa shape index (κ2) is 18.1. The lowest BCUT2D eigenvalue weighted by Gasteiger charge is -2.15. The molecule has 1 N–H and O–H groups in total. The molecule has 55 heavy (non-hydrogen) atoms. The molecule has 0 amide bonds. The Balaban J connectivity index is 1.25. The number of ketones is 1. The van der Waals surface area contributed by atoms with Crippen LogP contribution in [0.15, 0.2) is 147 Å². The quantitative estimate of drug-likeness (QED) is 0.0608. The Kier molecular flexibility index (Phi) is 12.6. The van der Waals surface area contributed by atoms with Gasteiger partial charge in [0.2, 0.25) is 0 Å². The molecule has 6 aromatic rings. The van der Waals surface area contributed by atoms with E-state index in [0.717, 1.165) is 68.1 Å². The molecule has 9 nitrogen and oxygen atoms in total. The molecule has 6 aromatic carbocycles. The second-order valence-corrected chi connectivity index (χ2v) is 13.2. The highest BCUT2D eigenvalue weighted by atomic mass is 16.5. The lowest BCUT2D eigenvalue weighted by Crippen LogP contribution is -2.13. The number of ether oxygens (including phenoxy) is 1. The average molecular weight is 728 g/mol. The number of nitrogens with one attached hydrogen (secondary N) is 1. The number of anilines is 1. The molecule has 0 aliphatic rings. The van der Waals surface area contributed by atoms with Crippen LogP contribution in [0.2, 0.25) is 0 Å². The smallest absolute Gasteiger partial charge is 0.188 e. The Morgan fingerprint density at radius 3 is 1.62 bits per heavy atom. The van der Waals surface area contributed by atoms with Gasteiger partial charge in [0.05, 0.1) is 34.1 Å². The van der Waals surface area contributed by atoms with E-state index >= 15 is 0 Å². The molecule has 9 heteroatoms. The van der Waals surface area contributed by atoms with Gasteiger partial charge >= 0.3 is 0 Å². The summed E-state index contributed by atoms with van der Waals surface area (Å²) in [6, 6.07) is 33.5. The van der Waals surface area contributed by atoms with E-state index in [0.29, 0.717) is 41.0 Å². The molecule has 0 fully saturated rings. The molecule has 0 bridgehead atoms. The van der Waals surface area contributed by atoms with Crippen molar-refractivity contribution in [3.05, 3.63) is 139 Å². The molecule has 6 rings (SSSR count). The monoisotopic (exact) mass is 727 g/mol. The van der Waals surface area contributed by atoms with Gasteiger partial charge in [-0.15, -0.1) is 25.6 Å². The summed E-state index contributed by atoms with van der Waals surface area (Å²) < 4.78 is 5.41. The van der Waals surface area contributed by atoms with Crippen LogP contribution in [0.25, 0.3) is 33.7 Å². The first-order valence-corrected chi connectivity index (χ1v) is 18.5. The first kappa shape index (κ1) is 38.3. The summed E-state index contributed by atoms with van der Waals surface area (Å²) in [4.78, 5) is 12.5. The predicted octanol–water partition coefficient (Wildman–Crippen LogP) is 14.7. The van der Waals surface area contributed by atoms with Crippen molar-refractivity contribution >= 4 is 79.3 Å². The highest BCUT2D eigenvalue weighted by Crippen LogP contribution is 2.39. The number of azo groups is 3. The van der Waals surface area contributed by atoms with Gasteiger partial charge in [-0.25, -0.2) is 0 Å². The van der Waals surface area contributed by atoms with Gasteiger partial charge in [0.25, 0.3) is 0 Å². The van der Waals surface area contributed by atoms with Gasteiger partial charge in [-0.2, -0.15) is 5.11 Å². The molecule has 1 atom stereocenters. The maximum atomic E-state index is 12.5. The Morgan fingerprint density at radius 1 is 0.655 bits per heavy atom. The molecule has 276 valence electrons. The van der Waals surface area contributed by atoms with Gasteiger partial charge in [-0.05, 0) is 86.8 Å². The summed E-state index contributed by atoms with van der Waals surface area (Å²) in [7, 11) is 0. The highest BCUT2D eigenvalue weighted by Gasteiger charge is 2.13. The fourth-order valence-electron chi connectivity index (χ4n) is 6.18. The lowest BCUT2D eigenvalue weighted by atomic mass is 10.0. The first-order valence-electron chi connectivity index (χ1n) is 18.5. The largest absolute Gasteiger partial charge is 0.382 e. The number of aryl methyl sites for hydroxylation is 1. The molecule has 1 unspecified atom stereocenters. The van der Waals surface area contributed by atoms with Crippen LogP contribution in [0.4, 0.5) is 39.8 Å². The van der Waals surface area contributed by atoms with E-state index in [9.17, 15) is 4.79 Å². The van der Waals surface area contributed by atoms with Gasteiger partial charge in [-0.3, -0.25) is 4.79 Å². The maximum absolute atomic E-state index is 12.5. The fraction of sp³-hybridized carbons (Fsp3) is 0.196. The summed E-state index contributed by atoms with van der Waals surface area (Å²) in [5, 5.41) is 35.4. The fourth-order valence-corrected chi connectivity index (χ4v) is 6.18. The topological polar surface area (TPSA) is 112 Å². The number of Topliss-reactive ketones (excluding diaryl/α,β-unsaturated/α-hetero) is 1. The van der Waals surface area contributed by atoms with Crippen molar-refractivity contribution in [3.63, 3.8) is 0 Å². The minimum absolute atomic E-state index is 0.0584. The van der Waals surface area contributed by atoms with Crippen molar-refractivity contribution in [3.8, 4) is 0 Å². The minimum Gasteiger partial charge on any atom is -0.382 e. The number of carbonyl (C=O) groups is 1. The van der Waals surface area contributed by atoms with Crippen molar-refractivity contribution in [1.29, 1.82) is 0 Å². The van der Waals surface area contributed by atoms with Gasteiger partial charge in [-0.1, -0.05) is 87.7 Å². The van der Waals surface area contributed by atoms with Crippen LogP contribution in [-0.4, -0.2) is 25.0 Å². The zero-order valence-electron chi connectivity index (χ0n) is 31.8. The zero-order chi connectivity index (χ0) is 38.7. The van der Waals surface area contributed by atoms with Crippen LogP contribution in [-0.2, 0) is 4.74 Å². The van der Waals surface area contributed by atoms with Crippen LogP contribution < -0.4 is 5.32 Å². The van der Waals surface area contributed by atoms with Crippen LogP contribution in [0.5, 0.6) is 0 Å². The van der Waals surface area contributed by atoms with Crippen molar-refractivity contribution < 1.29 is 9.53 Å². The van der Waals surface area contributed by atoms with E-state index in [1.807, 2.05) is 86.6 Å². The van der Waals surface area contributed by atoms with Crippen molar-refractivity contribution in [2.75, 3.05) is 18.5 Å². The van der Waals surface area contributed by atoms with E-state index in [-0.39, 0.29) is 12.4 Å². The molecule has 0 aromatic heterocycles. The molecular weight excluding hydrogens is 683 g/mol. The summed E-state index contributed by atoms with van der Waals surface area (Å²) in [6.07, 6.45) is 5.32. The zero-order valence-corrected chi connectivity index (χ0v) is 31.8. The Hall–Kier alpha value is -6.45. The van der Waals surface area contributed by atoms with Crippen molar-refractivity contribution in [1.82, 2.24) is 0 Å². The van der Waals surface area contributed by atoms with Gasteiger partial charge < -0.3 is 10.1 Å². The summed E-state index contributed by atoms with van der Waals surface area (Å²) in [5.41, 5.74) is 8.04. The summed E-state index contributed by atoms with van der Waals surface area (Å²) >= 11 is 0. The third-order valence-electron chi connectivity index (χ3n) is 9.34. The van der Waals surface area contributed by atoms with E-state index in [1.54, 1.807) is 24.3 Å². The van der Waals surface area contributed by atoms with Crippen LogP contribution >= 0.6 is 0 Å². The van der Waals surface area contributed by atoms with E-state index in [4.69, 9.17) is 15.0 Å². The third kappa shape index (κ3) is 8.86. The maximum Gasteiger partial charge on any atom is 0.188 e. The Bertz CT molecular complexity index is 2470. The second-order valence-electron chi connectivity index (χ2n) is 13.2. The SMILES string of the molecule is C=Cc1c(/N=N/c2ccc(C(=O)COCCC)cc2C)ccc(/N=N/c2ccc(/N=N/c3ccc(NC(C)CC)c4ccccc34)c3ccccc23)c1C=C. The van der Waals surface area contributed by atoms with Crippen molar-refractivity contribution in [2.45, 2.75) is 46.6 Å². The normalized spacial score (nSPS) is 12.3. The van der Waals surface area contributed by atoms with Gasteiger partial charge in [0.15, 0.2) is 5.78 Å². The van der Waals surface area contributed by atoms with Crippen molar-refractivity contribution in [2.24, 2.45) is 30.7 Å². The number of hydrogen-bond acceptors (Lipinski definition) is 9. The van der Waals surface area contributed by atoms with Gasteiger partial charge in [0, 0.05) is 56.6 Å². The minimum atomic E-state index is -0.0652. The molecule has 0 spiro atoms. The third-order valence-corrected chi connectivity index (χ3v) is 9.34. The number of hydrogen-bond donors (Lipinski definition) is 1. The molecular formula is C46H45N7O2. The lowest BCUT2D eigenvalue weighted by molar-refractivity contribution is 0.0761. The van der Waals surface area contributed by atoms with E-state index < -0.39 is 0 Å². The van der Waals surface area contributed by atoms with Gasteiger partial charge in [0.1, 0.15) is 6.61 Å². The number of nitrogens with zero attached hydrogens (tertiary/aromatic N) is 6. The van der Waals surface area contributed by atoms with Crippen LogP contribution in [0.3, 0.4) is 0 Å². The number of fused-ring (bicyclic) bond motifs is 2. The average Bonchev–Trinajstić information content (AvgIpc) is 3.22. The predicted molar refractivity (Wildman–Crippen MR) is 227 cm³/mol. The molecule has 0 saturated heterocycles. The van der Waals surface area contributed by atoms with Crippen LogP contribution in [0.1, 0.15) is 60.7 Å². The molecule has 0 aliphatic heterocycles. The molecule has 0 aliphatic carbocycles. The van der Waals surface area contributed by atoms with E-state index in [2.05, 4.69) is 71.0 Å². The molecule has 0 heterocycles. The Labute approximate surface area is 322 Å².